The van der Waals surface area contributed by atoms with Crippen LogP contribution in [0.5, 0.6) is 11.5 Å². The Hall–Kier alpha value is -2.14. The number of aliphatic hydroxyl groups excluding tert-OH is 1. The Morgan fingerprint density at radius 3 is 2.05 bits per heavy atom. The van der Waals surface area contributed by atoms with Gasteiger partial charge in [-0.25, -0.2) is 8.78 Å². The number of ether oxygens (including phenoxy) is 2. The molecule has 3 rings (SSSR count). The second kappa shape index (κ2) is 5.69. The summed E-state index contributed by atoms with van der Waals surface area (Å²) in [6.07, 6.45) is -3.40. The maximum atomic E-state index is 12.5. The van der Waals surface area contributed by atoms with E-state index in [2.05, 4.69) is 0 Å². The first kappa shape index (κ1) is 13.8. The standard InChI is InChI=1S/C16H14F2O3/c17-16(18)11-3-1-10(2-4-11)15(19)12-5-6-13-14(9-12)21-8-7-20-13/h1-6,9,15-16,19H,7-8H2. The van der Waals surface area contributed by atoms with Gasteiger partial charge in [-0.15, -0.1) is 0 Å². The minimum absolute atomic E-state index is 0.0619. The van der Waals surface area contributed by atoms with Gasteiger partial charge in [-0.2, -0.15) is 0 Å². The van der Waals surface area contributed by atoms with Gasteiger partial charge in [0.2, 0.25) is 0 Å². The van der Waals surface area contributed by atoms with E-state index in [9.17, 15) is 13.9 Å². The van der Waals surface area contributed by atoms with Gasteiger partial charge in [0.1, 0.15) is 19.3 Å². The zero-order valence-electron chi connectivity index (χ0n) is 11.1. The van der Waals surface area contributed by atoms with Gasteiger partial charge in [0.15, 0.2) is 11.5 Å². The van der Waals surface area contributed by atoms with Crippen LogP contribution in [0.3, 0.4) is 0 Å². The van der Waals surface area contributed by atoms with E-state index < -0.39 is 12.5 Å². The van der Waals surface area contributed by atoms with Crippen LogP contribution in [0.15, 0.2) is 42.5 Å². The second-order valence-corrected chi connectivity index (χ2v) is 4.77. The van der Waals surface area contributed by atoms with Crippen LogP contribution < -0.4 is 9.47 Å². The van der Waals surface area contributed by atoms with Crippen LogP contribution in [0.25, 0.3) is 0 Å². The smallest absolute Gasteiger partial charge is 0.263 e. The van der Waals surface area contributed by atoms with E-state index in [4.69, 9.17) is 9.47 Å². The molecule has 0 aliphatic carbocycles. The molecule has 2 aromatic rings. The average Bonchev–Trinajstić information content (AvgIpc) is 2.54. The summed E-state index contributed by atoms with van der Waals surface area (Å²) in [6, 6.07) is 10.8. The highest BCUT2D eigenvalue weighted by atomic mass is 19.3. The Bertz CT molecular complexity index is 626. The first-order valence-corrected chi connectivity index (χ1v) is 6.61. The first-order valence-electron chi connectivity index (χ1n) is 6.61. The molecule has 0 spiro atoms. The lowest BCUT2D eigenvalue weighted by Crippen LogP contribution is -2.15. The highest BCUT2D eigenvalue weighted by Crippen LogP contribution is 2.34. The van der Waals surface area contributed by atoms with E-state index in [-0.39, 0.29) is 5.56 Å². The normalized spacial score (nSPS) is 15.0. The topological polar surface area (TPSA) is 38.7 Å². The molecule has 0 saturated heterocycles. The van der Waals surface area contributed by atoms with Crippen LogP contribution >= 0.6 is 0 Å². The van der Waals surface area contributed by atoms with Crippen LogP contribution in [0.2, 0.25) is 0 Å². The molecule has 1 N–H and O–H groups in total. The predicted octanol–water partition coefficient (Wildman–Crippen LogP) is 3.48. The van der Waals surface area contributed by atoms with Crippen molar-refractivity contribution in [1.29, 1.82) is 0 Å². The fourth-order valence-electron chi connectivity index (χ4n) is 2.25. The molecule has 0 saturated carbocycles. The van der Waals surface area contributed by atoms with E-state index >= 15 is 0 Å². The molecule has 1 atom stereocenters. The molecule has 21 heavy (non-hydrogen) atoms. The summed E-state index contributed by atoms with van der Waals surface area (Å²) < 4.78 is 35.9. The lowest BCUT2D eigenvalue weighted by atomic mass is 10.00. The van der Waals surface area contributed by atoms with Gasteiger partial charge in [-0.3, -0.25) is 0 Å². The Morgan fingerprint density at radius 2 is 1.38 bits per heavy atom. The lowest BCUT2D eigenvalue weighted by molar-refractivity contribution is 0.151. The molecule has 0 amide bonds. The van der Waals surface area contributed by atoms with Crippen molar-refractivity contribution in [3.63, 3.8) is 0 Å². The Labute approximate surface area is 120 Å². The summed E-state index contributed by atoms with van der Waals surface area (Å²) in [5.74, 6) is 1.23. The van der Waals surface area contributed by atoms with Crippen molar-refractivity contribution < 1.29 is 23.4 Å². The molecular formula is C16H14F2O3. The van der Waals surface area contributed by atoms with Gasteiger partial charge in [-0.1, -0.05) is 30.3 Å². The van der Waals surface area contributed by atoms with Gasteiger partial charge >= 0.3 is 0 Å². The molecule has 1 heterocycles. The second-order valence-electron chi connectivity index (χ2n) is 4.77. The fourth-order valence-corrected chi connectivity index (χ4v) is 2.25. The van der Waals surface area contributed by atoms with Crippen LogP contribution in [-0.4, -0.2) is 18.3 Å². The Balaban J connectivity index is 1.85. The monoisotopic (exact) mass is 292 g/mol. The van der Waals surface area contributed by atoms with Gasteiger partial charge in [0.05, 0.1) is 0 Å². The van der Waals surface area contributed by atoms with Crippen molar-refractivity contribution in [3.05, 3.63) is 59.2 Å². The fraction of sp³-hybridized carbons (Fsp3) is 0.250. The van der Waals surface area contributed by atoms with Crippen molar-refractivity contribution in [2.45, 2.75) is 12.5 Å². The van der Waals surface area contributed by atoms with E-state index in [0.717, 1.165) is 0 Å². The van der Waals surface area contributed by atoms with Crippen LogP contribution in [-0.2, 0) is 0 Å². The number of aliphatic hydroxyl groups is 1. The summed E-state index contributed by atoms with van der Waals surface area (Å²) in [5.41, 5.74) is 1.12. The minimum atomic E-state index is -2.51. The first-order chi connectivity index (χ1) is 10.1. The molecule has 0 fully saturated rings. The molecule has 110 valence electrons. The van der Waals surface area contributed by atoms with E-state index in [1.165, 1.54) is 24.3 Å². The summed E-state index contributed by atoms with van der Waals surface area (Å²) in [5, 5.41) is 10.3. The van der Waals surface area contributed by atoms with Crippen LogP contribution in [0.1, 0.15) is 29.2 Å². The van der Waals surface area contributed by atoms with Crippen LogP contribution in [0, 0.1) is 0 Å². The predicted molar refractivity (Wildman–Crippen MR) is 72.9 cm³/mol. The zero-order valence-corrected chi connectivity index (χ0v) is 11.1. The minimum Gasteiger partial charge on any atom is -0.486 e. The zero-order chi connectivity index (χ0) is 14.8. The number of hydrogen-bond donors (Lipinski definition) is 1. The molecule has 2 aromatic carbocycles. The summed E-state index contributed by atoms with van der Waals surface area (Å²) in [7, 11) is 0. The van der Waals surface area contributed by atoms with E-state index in [0.29, 0.717) is 35.8 Å². The third-order valence-electron chi connectivity index (χ3n) is 3.39. The third-order valence-corrected chi connectivity index (χ3v) is 3.39. The lowest BCUT2D eigenvalue weighted by Gasteiger charge is -2.20. The number of alkyl halides is 2. The molecule has 1 aliphatic heterocycles. The third kappa shape index (κ3) is 2.83. The average molecular weight is 292 g/mol. The number of hydrogen-bond acceptors (Lipinski definition) is 3. The van der Waals surface area contributed by atoms with Crippen molar-refractivity contribution in [3.8, 4) is 11.5 Å². The number of benzene rings is 2. The number of rotatable bonds is 3. The van der Waals surface area contributed by atoms with Crippen molar-refractivity contribution in [2.75, 3.05) is 13.2 Å². The number of halogens is 2. The van der Waals surface area contributed by atoms with E-state index in [1.807, 2.05) is 0 Å². The van der Waals surface area contributed by atoms with Gasteiger partial charge in [0.25, 0.3) is 6.43 Å². The van der Waals surface area contributed by atoms with Crippen molar-refractivity contribution in [1.82, 2.24) is 0 Å². The molecular weight excluding hydrogens is 278 g/mol. The number of fused-ring (bicyclic) bond motifs is 1. The largest absolute Gasteiger partial charge is 0.486 e. The summed E-state index contributed by atoms with van der Waals surface area (Å²) in [4.78, 5) is 0. The Kier molecular flexibility index (Phi) is 3.75. The van der Waals surface area contributed by atoms with Gasteiger partial charge < -0.3 is 14.6 Å². The highest BCUT2D eigenvalue weighted by molar-refractivity contribution is 5.46. The molecule has 1 unspecified atom stereocenters. The van der Waals surface area contributed by atoms with Crippen LogP contribution in [0.4, 0.5) is 8.78 Å². The van der Waals surface area contributed by atoms with E-state index in [1.54, 1.807) is 18.2 Å². The molecule has 1 aliphatic rings. The summed E-state index contributed by atoms with van der Waals surface area (Å²) in [6.45, 7) is 0.972. The highest BCUT2D eigenvalue weighted by Gasteiger charge is 2.17. The maximum absolute atomic E-state index is 12.5. The SMILES string of the molecule is OC(c1ccc(C(F)F)cc1)c1ccc2c(c1)OCCO2. The van der Waals surface area contributed by atoms with Gasteiger partial charge in [0, 0.05) is 5.56 Å². The van der Waals surface area contributed by atoms with Crippen molar-refractivity contribution >= 4 is 0 Å². The quantitative estimate of drug-likeness (QED) is 0.941. The molecule has 3 nitrogen and oxygen atoms in total. The van der Waals surface area contributed by atoms with Crippen molar-refractivity contribution in [2.24, 2.45) is 0 Å². The molecule has 0 aromatic heterocycles. The maximum Gasteiger partial charge on any atom is 0.263 e. The molecule has 5 heteroatoms. The molecule has 0 radical (unpaired) electrons. The van der Waals surface area contributed by atoms with Gasteiger partial charge in [-0.05, 0) is 23.3 Å². The molecule has 0 bridgehead atoms. The Morgan fingerprint density at radius 1 is 0.810 bits per heavy atom. The summed E-state index contributed by atoms with van der Waals surface area (Å²) >= 11 is 0.